The molecule has 0 saturated carbocycles. The highest BCUT2D eigenvalue weighted by atomic mass is 35.5. The summed E-state index contributed by atoms with van der Waals surface area (Å²) in [5.41, 5.74) is 0. The molecule has 13 heavy (non-hydrogen) atoms. The molecule has 0 amide bonds. The number of aliphatic hydroxyl groups excluding tert-OH is 1. The highest BCUT2D eigenvalue weighted by Gasteiger charge is 2.01. The predicted octanol–water partition coefficient (Wildman–Crippen LogP) is 2.43. The smallest absolute Gasteiger partial charge is 0.137 e. The van der Waals surface area contributed by atoms with Crippen LogP contribution in [0.25, 0.3) is 0 Å². The fourth-order valence-corrected chi connectivity index (χ4v) is 1.92. The molecule has 0 aromatic heterocycles. The van der Waals surface area contributed by atoms with E-state index >= 15 is 0 Å². The Kier molecular flexibility index (Phi) is 4.42. The summed E-state index contributed by atoms with van der Waals surface area (Å²) in [6.45, 7) is 0.175. The molecule has 2 nitrogen and oxygen atoms in total. The Hall–Kier alpha value is -0.380. The third kappa shape index (κ3) is 3.10. The predicted molar refractivity (Wildman–Crippen MR) is 55.8 cm³/mol. The summed E-state index contributed by atoms with van der Waals surface area (Å²) in [5, 5.41) is 9.22. The van der Waals surface area contributed by atoms with E-state index in [4.69, 9.17) is 21.4 Å². The summed E-state index contributed by atoms with van der Waals surface area (Å²) in [6.07, 6.45) is 0. The maximum atomic E-state index is 8.62. The normalized spacial score (nSPS) is 10.1. The second kappa shape index (κ2) is 5.37. The Morgan fingerprint density at radius 1 is 1.54 bits per heavy atom. The van der Waals surface area contributed by atoms with Crippen molar-refractivity contribution >= 4 is 23.4 Å². The van der Waals surface area contributed by atoms with Crippen LogP contribution in [0.15, 0.2) is 23.1 Å². The highest BCUT2D eigenvalue weighted by molar-refractivity contribution is 7.99. The van der Waals surface area contributed by atoms with E-state index in [0.717, 1.165) is 4.90 Å². The molecule has 0 aliphatic carbocycles. The first-order valence-corrected chi connectivity index (χ1v) is 5.21. The maximum absolute atomic E-state index is 8.62. The Labute approximate surface area is 86.9 Å². The Balaban J connectivity index is 2.71. The Morgan fingerprint density at radius 2 is 2.31 bits per heavy atom. The van der Waals surface area contributed by atoms with Crippen molar-refractivity contribution in [3.63, 3.8) is 0 Å². The van der Waals surface area contributed by atoms with Gasteiger partial charge in [-0.05, 0) is 18.2 Å². The van der Waals surface area contributed by atoms with Gasteiger partial charge in [0, 0.05) is 10.6 Å². The van der Waals surface area contributed by atoms with Crippen molar-refractivity contribution in [1.82, 2.24) is 0 Å². The van der Waals surface area contributed by atoms with Gasteiger partial charge in [-0.2, -0.15) is 0 Å². The van der Waals surface area contributed by atoms with Gasteiger partial charge < -0.3 is 9.84 Å². The van der Waals surface area contributed by atoms with Crippen molar-refractivity contribution in [2.45, 2.75) is 4.90 Å². The number of hydrogen-bond donors (Lipinski definition) is 1. The molecule has 0 heterocycles. The van der Waals surface area contributed by atoms with Crippen LogP contribution in [0.4, 0.5) is 0 Å². The number of aliphatic hydroxyl groups is 1. The zero-order chi connectivity index (χ0) is 9.68. The molecular weight excluding hydrogens is 208 g/mol. The molecule has 1 N–H and O–H groups in total. The summed E-state index contributed by atoms with van der Waals surface area (Å²) in [7, 11) is 1.59. The van der Waals surface area contributed by atoms with Crippen LogP contribution in [0.2, 0.25) is 5.02 Å². The van der Waals surface area contributed by atoms with Gasteiger partial charge in [0.2, 0.25) is 0 Å². The van der Waals surface area contributed by atoms with Gasteiger partial charge in [-0.15, -0.1) is 11.8 Å². The highest BCUT2D eigenvalue weighted by Crippen LogP contribution is 2.29. The van der Waals surface area contributed by atoms with Gasteiger partial charge in [0.05, 0.1) is 18.7 Å². The quantitative estimate of drug-likeness (QED) is 0.788. The summed E-state index contributed by atoms with van der Waals surface area (Å²) in [4.78, 5) is 1.04. The summed E-state index contributed by atoms with van der Waals surface area (Å²) in [5.74, 6) is 1.36. The van der Waals surface area contributed by atoms with Crippen molar-refractivity contribution in [2.75, 3.05) is 19.5 Å². The molecule has 0 radical (unpaired) electrons. The lowest BCUT2D eigenvalue weighted by Gasteiger charge is -2.04. The average molecular weight is 219 g/mol. The molecule has 72 valence electrons. The molecule has 0 atom stereocenters. The van der Waals surface area contributed by atoms with Crippen molar-refractivity contribution in [3.05, 3.63) is 23.2 Å². The molecule has 4 heteroatoms. The largest absolute Gasteiger partial charge is 0.495 e. The number of thioether (sulfide) groups is 1. The molecule has 0 fully saturated rings. The molecule has 1 aromatic rings. The molecular formula is C9H11ClO2S. The van der Waals surface area contributed by atoms with Crippen LogP contribution in [0.1, 0.15) is 0 Å². The standard InChI is InChI=1S/C9H11ClO2S/c1-12-9-3-2-7(6-8(9)10)13-5-4-11/h2-3,6,11H,4-5H2,1H3. The molecule has 0 spiro atoms. The van der Waals surface area contributed by atoms with E-state index in [9.17, 15) is 0 Å². The number of benzene rings is 1. The molecule has 0 saturated heterocycles. The van der Waals surface area contributed by atoms with E-state index in [1.165, 1.54) is 0 Å². The van der Waals surface area contributed by atoms with Gasteiger partial charge in [-0.25, -0.2) is 0 Å². The molecule has 1 rings (SSSR count). The van der Waals surface area contributed by atoms with Crippen molar-refractivity contribution < 1.29 is 9.84 Å². The lowest BCUT2D eigenvalue weighted by Crippen LogP contribution is -1.87. The van der Waals surface area contributed by atoms with Gasteiger partial charge in [-0.3, -0.25) is 0 Å². The fourth-order valence-electron chi connectivity index (χ4n) is 0.900. The van der Waals surface area contributed by atoms with Crippen molar-refractivity contribution in [1.29, 1.82) is 0 Å². The van der Waals surface area contributed by atoms with E-state index in [1.54, 1.807) is 18.9 Å². The van der Waals surface area contributed by atoms with Crippen LogP contribution in [0.3, 0.4) is 0 Å². The first-order chi connectivity index (χ1) is 6.27. The Morgan fingerprint density at radius 3 is 2.85 bits per heavy atom. The molecule has 0 aliphatic rings. The van der Waals surface area contributed by atoms with Crippen LogP contribution < -0.4 is 4.74 Å². The van der Waals surface area contributed by atoms with Gasteiger partial charge in [0.15, 0.2) is 0 Å². The second-order valence-electron chi connectivity index (χ2n) is 2.37. The number of halogens is 1. The number of methoxy groups -OCH3 is 1. The SMILES string of the molecule is COc1ccc(SCCO)cc1Cl. The van der Waals surface area contributed by atoms with Crippen LogP contribution >= 0.6 is 23.4 Å². The van der Waals surface area contributed by atoms with Gasteiger partial charge in [-0.1, -0.05) is 11.6 Å². The van der Waals surface area contributed by atoms with Gasteiger partial charge in [0.25, 0.3) is 0 Å². The van der Waals surface area contributed by atoms with Gasteiger partial charge in [0.1, 0.15) is 5.75 Å². The first-order valence-electron chi connectivity index (χ1n) is 3.85. The zero-order valence-corrected chi connectivity index (χ0v) is 8.86. The molecule has 0 unspecified atom stereocenters. The zero-order valence-electron chi connectivity index (χ0n) is 7.29. The number of rotatable bonds is 4. The summed E-state index contributed by atoms with van der Waals surface area (Å²) in [6, 6.07) is 5.58. The minimum absolute atomic E-state index is 0.175. The lowest BCUT2D eigenvalue weighted by atomic mass is 10.3. The lowest BCUT2D eigenvalue weighted by molar-refractivity contribution is 0.322. The van der Waals surface area contributed by atoms with E-state index in [1.807, 2.05) is 18.2 Å². The number of hydrogen-bond acceptors (Lipinski definition) is 3. The van der Waals surface area contributed by atoms with E-state index in [-0.39, 0.29) is 6.61 Å². The van der Waals surface area contributed by atoms with Crippen LogP contribution in [-0.2, 0) is 0 Å². The molecule has 1 aromatic carbocycles. The van der Waals surface area contributed by atoms with Crippen LogP contribution in [-0.4, -0.2) is 24.6 Å². The minimum atomic E-state index is 0.175. The maximum Gasteiger partial charge on any atom is 0.137 e. The molecule has 0 bridgehead atoms. The van der Waals surface area contributed by atoms with Crippen molar-refractivity contribution in [2.24, 2.45) is 0 Å². The van der Waals surface area contributed by atoms with Crippen LogP contribution in [0, 0.1) is 0 Å². The summed E-state index contributed by atoms with van der Waals surface area (Å²) >= 11 is 7.47. The van der Waals surface area contributed by atoms with E-state index in [0.29, 0.717) is 16.5 Å². The van der Waals surface area contributed by atoms with E-state index in [2.05, 4.69) is 0 Å². The monoisotopic (exact) mass is 218 g/mol. The van der Waals surface area contributed by atoms with Crippen LogP contribution in [0.5, 0.6) is 5.75 Å². The van der Waals surface area contributed by atoms with Gasteiger partial charge >= 0.3 is 0 Å². The third-order valence-corrected chi connectivity index (χ3v) is 2.75. The Bertz CT molecular complexity index is 278. The topological polar surface area (TPSA) is 29.5 Å². The van der Waals surface area contributed by atoms with Crippen molar-refractivity contribution in [3.8, 4) is 5.75 Å². The third-order valence-electron chi connectivity index (χ3n) is 1.48. The average Bonchev–Trinajstić information content (AvgIpc) is 2.15. The second-order valence-corrected chi connectivity index (χ2v) is 3.94. The number of ether oxygens (including phenoxy) is 1. The molecule has 0 aliphatic heterocycles. The van der Waals surface area contributed by atoms with E-state index < -0.39 is 0 Å². The first kappa shape index (κ1) is 10.7. The minimum Gasteiger partial charge on any atom is -0.495 e. The fraction of sp³-hybridized carbons (Fsp3) is 0.333. The summed E-state index contributed by atoms with van der Waals surface area (Å²) < 4.78 is 5.01.